The van der Waals surface area contributed by atoms with Gasteiger partial charge in [0.05, 0.1) is 17.0 Å². The summed E-state index contributed by atoms with van der Waals surface area (Å²) in [6, 6.07) is 12.8. The Labute approximate surface area is 153 Å². The van der Waals surface area contributed by atoms with Gasteiger partial charge in [0.2, 0.25) is 0 Å². The van der Waals surface area contributed by atoms with E-state index in [2.05, 4.69) is 9.97 Å². The molecule has 0 amide bonds. The first-order valence-electron chi connectivity index (χ1n) is 8.27. The van der Waals surface area contributed by atoms with Crippen molar-refractivity contribution in [2.45, 2.75) is 18.4 Å². The van der Waals surface area contributed by atoms with Crippen LogP contribution in [-0.2, 0) is 16.4 Å². The van der Waals surface area contributed by atoms with E-state index >= 15 is 0 Å². The van der Waals surface area contributed by atoms with Crippen molar-refractivity contribution in [3.8, 4) is 5.75 Å². The van der Waals surface area contributed by atoms with Gasteiger partial charge >= 0.3 is 0 Å². The molecular formula is C19H21N3O3S. The third kappa shape index (κ3) is 3.77. The highest BCUT2D eigenvalue weighted by molar-refractivity contribution is 7.90. The quantitative estimate of drug-likeness (QED) is 0.663. The molecule has 0 bridgehead atoms. The Bertz CT molecular complexity index is 1040. The number of hydrogen-bond donors (Lipinski definition) is 0. The monoisotopic (exact) mass is 371 g/mol. The van der Waals surface area contributed by atoms with Gasteiger partial charge in [0.1, 0.15) is 17.9 Å². The minimum absolute atomic E-state index is 0.254. The maximum Gasteiger partial charge on any atom is 0.175 e. The van der Waals surface area contributed by atoms with Crippen molar-refractivity contribution >= 4 is 26.6 Å². The zero-order valence-corrected chi connectivity index (χ0v) is 15.8. The van der Waals surface area contributed by atoms with Crippen molar-refractivity contribution in [1.29, 1.82) is 0 Å². The van der Waals surface area contributed by atoms with Crippen molar-refractivity contribution in [3.63, 3.8) is 0 Å². The van der Waals surface area contributed by atoms with Crippen LogP contribution < -0.4 is 9.64 Å². The molecule has 0 atom stereocenters. The lowest BCUT2D eigenvalue weighted by molar-refractivity contribution is 0.336. The van der Waals surface area contributed by atoms with E-state index in [0.29, 0.717) is 29.9 Å². The lowest BCUT2D eigenvalue weighted by Gasteiger charge is -2.21. The number of nitrogens with zero attached hydrogens (tertiary/aromatic N) is 3. The van der Waals surface area contributed by atoms with Crippen molar-refractivity contribution in [3.05, 3.63) is 54.4 Å². The van der Waals surface area contributed by atoms with Crippen LogP contribution in [0.4, 0.5) is 5.82 Å². The molecule has 0 aliphatic heterocycles. The van der Waals surface area contributed by atoms with Crippen LogP contribution in [0.3, 0.4) is 0 Å². The number of rotatable bonds is 6. The molecule has 7 heteroatoms. The van der Waals surface area contributed by atoms with Crippen LogP contribution in [0, 0.1) is 0 Å². The Balaban J connectivity index is 2.02. The van der Waals surface area contributed by atoms with Crippen LogP contribution >= 0.6 is 0 Å². The number of ether oxygens (including phenoxy) is 1. The van der Waals surface area contributed by atoms with E-state index < -0.39 is 9.84 Å². The molecule has 1 aromatic heterocycles. The number of para-hydroxylation sites is 1. The van der Waals surface area contributed by atoms with Crippen molar-refractivity contribution in [2.75, 3.05) is 24.8 Å². The van der Waals surface area contributed by atoms with Crippen molar-refractivity contribution < 1.29 is 13.2 Å². The molecule has 3 aromatic rings. The van der Waals surface area contributed by atoms with Crippen LogP contribution in [0.2, 0.25) is 0 Å². The number of anilines is 1. The molecule has 0 unspecified atom stereocenters. The molecule has 0 radical (unpaired) electrons. The molecule has 26 heavy (non-hydrogen) atoms. The highest BCUT2D eigenvalue weighted by Crippen LogP contribution is 2.27. The van der Waals surface area contributed by atoms with Gasteiger partial charge in [0, 0.05) is 30.8 Å². The van der Waals surface area contributed by atoms with E-state index in [1.165, 1.54) is 12.6 Å². The van der Waals surface area contributed by atoms with Gasteiger partial charge in [-0.05, 0) is 31.2 Å². The lowest BCUT2D eigenvalue weighted by Crippen LogP contribution is -2.19. The molecule has 1 heterocycles. The maximum absolute atomic E-state index is 11.9. The van der Waals surface area contributed by atoms with E-state index in [9.17, 15) is 8.42 Å². The van der Waals surface area contributed by atoms with Crippen LogP contribution in [0.1, 0.15) is 12.5 Å². The van der Waals surface area contributed by atoms with E-state index in [1.807, 2.05) is 43.1 Å². The average Bonchev–Trinajstić information content (AvgIpc) is 2.61. The van der Waals surface area contributed by atoms with Gasteiger partial charge in [-0.25, -0.2) is 18.4 Å². The Morgan fingerprint density at radius 3 is 2.62 bits per heavy atom. The molecule has 136 valence electrons. The number of fused-ring (bicyclic) bond motifs is 1. The van der Waals surface area contributed by atoms with Crippen molar-refractivity contribution in [2.24, 2.45) is 0 Å². The Morgan fingerprint density at radius 1 is 1.12 bits per heavy atom. The van der Waals surface area contributed by atoms with Gasteiger partial charge in [0.25, 0.3) is 0 Å². The molecule has 6 nitrogen and oxygen atoms in total. The summed E-state index contributed by atoms with van der Waals surface area (Å²) in [5.41, 5.74) is 1.73. The second-order valence-electron chi connectivity index (χ2n) is 6.05. The molecule has 3 rings (SSSR count). The highest BCUT2D eigenvalue weighted by Gasteiger charge is 2.14. The second kappa shape index (κ2) is 7.29. The van der Waals surface area contributed by atoms with Crippen molar-refractivity contribution in [1.82, 2.24) is 9.97 Å². The summed E-state index contributed by atoms with van der Waals surface area (Å²) in [5, 5.41) is 0.701. The molecule has 2 aromatic carbocycles. The van der Waals surface area contributed by atoms with Crippen LogP contribution in [-0.4, -0.2) is 38.3 Å². The molecule has 0 aliphatic rings. The minimum atomic E-state index is -3.30. The van der Waals surface area contributed by atoms with Gasteiger partial charge in [0.15, 0.2) is 9.84 Å². The zero-order chi connectivity index (χ0) is 18.7. The summed E-state index contributed by atoms with van der Waals surface area (Å²) in [6.45, 7) is 3.12. The van der Waals surface area contributed by atoms with Gasteiger partial charge in [-0.2, -0.15) is 0 Å². The molecule has 0 aliphatic carbocycles. The number of aromatic nitrogens is 2. The molecule has 0 spiro atoms. The fourth-order valence-corrected chi connectivity index (χ4v) is 3.47. The van der Waals surface area contributed by atoms with Crippen LogP contribution in [0.5, 0.6) is 5.75 Å². The number of hydrogen-bond acceptors (Lipinski definition) is 6. The summed E-state index contributed by atoms with van der Waals surface area (Å²) in [5.74, 6) is 1.50. The molecule has 0 saturated carbocycles. The third-order valence-corrected chi connectivity index (χ3v) is 5.17. The summed E-state index contributed by atoms with van der Waals surface area (Å²) in [4.78, 5) is 10.8. The SMILES string of the molecule is CCOc1ccccc1CN(C)c1ncnc2ccc(S(C)(=O)=O)cc12. The number of benzene rings is 2. The first-order chi connectivity index (χ1) is 12.4. The first kappa shape index (κ1) is 18.1. The average molecular weight is 371 g/mol. The topological polar surface area (TPSA) is 72.4 Å². The minimum Gasteiger partial charge on any atom is -0.494 e. The standard InChI is InChI=1S/C19H21N3O3S/c1-4-25-18-8-6-5-7-14(18)12-22(2)19-16-11-15(26(3,23)24)9-10-17(16)20-13-21-19/h5-11,13H,4,12H2,1-3H3. The Kier molecular flexibility index (Phi) is 5.08. The maximum atomic E-state index is 11.9. The predicted molar refractivity (Wildman–Crippen MR) is 102 cm³/mol. The first-order valence-corrected chi connectivity index (χ1v) is 10.2. The zero-order valence-electron chi connectivity index (χ0n) is 15.0. The van der Waals surface area contributed by atoms with E-state index in [4.69, 9.17) is 4.74 Å². The van der Waals surface area contributed by atoms with Gasteiger partial charge in [-0.1, -0.05) is 18.2 Å². The van der Waals surface area contributed by atoms with Gasteiger partial charge in [-0.3, -0.25) is 0 Å². The third-order valence-electron chi connectivity index (χ3n) is 4.06. The summed E-state index contributed by atoms with van der Waals surface area (Å²) in [6.07, 6.45) is 2.68. The normalized spacial score (nSPS) is 11.5. The second-order valence-corrected chi connectivity index (χ2v) is 8.06. The predicted octanol–water partition coefficient (Wildman–Crippen LogP) is 3.07. The van der Waals surface area contributed by atoms with Gasteiger partial charge in [-0.15, -0.1) is 0 Å². The fourth-order valence-electron chi connectivity index (χ4n) is 2.82. The summed E-state index contributed by atoms with van der Waals surface area (Å²) >= 11 is 0. The van der Waals surface area contributed by atoms with Crippen LogP contribution in [0.25, 0.3) is 10.9 Å². The summed E-state index contributed by atoms with van der Waals surface area (Å²) < 4.78 is 29.5. The molecule has 0 saturated heterocycles. The summed E-state index contributed by atoms with van der Waals surface area (Å²) in [7, 11) is -1.39. The molecule has 0 N–H and O–H groups in total. The highest BCUT2D eigenvalue weighted by atomic mass is 32.2. The molecular weight excluding hydrogens is 350 g/mol. The van der Waals surface area contributed by atoms with E-state index in [-0.39, 0.29) is 4.90 Å². The van der Waals surface area contributed by atoms with Gasteiger partial charge < -0.3 is 9.64 Å². The Hall–Kier alpha value is -2.67. The lowest BCUT2D eigenvalue weighted by atomic mass is 10.1. The smallest absolute Gasteiger partial charge is 0.175 e. The fraction of sp³-hybridized carbons (Fsp3) is 0.263. The Morgan fingerprint density at radius 2 is 1.88 bits per heavy atom. The van der Waals surface area contributed by atoms with E-state index in [1.54, 1.807) is 18.2 Å². The van der Waals surface area contributed by atoms with E-state index in [0.717, 1.165) is 11.3 Å². The van der Waals surface area contributed by atoms with Crippen LogP contribution in [0.15, 0.2) is 53.7 Å². The largest absolute Gasteiger partial charge is 0.494 e. The molecule has 0 fully saturated rings. The number of sulfone groups is 1.